The van der Waals surface area contributed by atoms with Crippen LogP contribution in [0, 0.1) is 5.92 Å². The molecule has 1 fully saturated rings. The lowest BCUT2D eigenvalue weighted by Crippen LogP contribution is -2.27. The average molecular weight is 226 g/mol. The Bertz CT molecular complexity index is 363. The zero-order valence-corrected chi connectivity index (χ0v) is 8.94. The summed E-state index contributed by atoms with van der Waals surface area (Å²) < 4.78 is 0. The van der Waals surface area contributed by atoms with E-state index in [1.54, 1.807) is 17.0 Å². The highest BCUT2D eigenvalue weighted by Crippen LogP contribution is 2.25. The monoisotopic (exact) mass is 225 g/mol. The van der Waals surface area contributed by atoms with Crippen molar-refractivity contribution in [3.8, 4) is 0 Å². The van der Waals surface area contributed by atoms with Crippen molar-refractivity contribution in [1.29, 1.82) is 0 Å². The summed E-state index contributed by atoms with van der Waals surface area (Å²) in [6.07, 6.45) is 0.720. The second-order valence-electron chi connectivity index (χ2n) is 3.63. The third-order valence-corrected chi connectivity index (χ3v) is 2.93. The van der Waals surface area contributed by atoms with Gasteiger partial charge in [0.05, 0.1) is 12.5 Å². The molecule has 0 spiro atoms. The van der Waals surface area contributed by atoms with Crippen molar-refractivity contribution in [2.45, 2.75) is 6.42 Å². The number of carbonyl (C=O) groups excluding carboxylic acids is 1. The minimum absolute atomic E-state index is 0.000164. The third kappa shape index (κ3) is 1.98. The minimum atomic E-state index is -0.235. The molecule has 1 aromatic rings. The predicted octanol–water partition coefficient (Wildman–Crippen LogP) is 1.69. The van der Waals surface area contributed by atoms with Gasteiger partial charge in [-0.1, -0.05) is 11.6 Å². The van der Waals surface area contributed by atoms with E-state index in [2.05, 4.69) is 0 Å². The summed E-state index contributed by atoms with van der Waals surface area (Å²) in [5, 5.41) is 9.63. The fourth-order valence-corrected chi connectivity index (χ4v) is 1.91. The highest BCUT2D eigenvalue weighted by atomic mass is 35.5. The van der Waals surface area contributed by atoms with Gasteiger partial charge in [0.1, 0.15) is 0 Å². The molecule has 1 heterocycles. The SMILES string of the molecule is O=C1C(CO)CCN1c1ccc(Cl)cc1. The molecule has 0 aliphatic carbocycles. The minimum Gasteiger partial charge on any atom is -0.396 e. The fourth-order valence-electron chi connectivity index (χ4n) is 1.79. The molecule has 1 aliphatic rings. The Hall–Kier alpha value is -1.06. The molecule has 0 bridgehead atoms. The number of hydrogen-bond donors (Lipinski definition) is 1. The first kappa shape index (κ1) is 10.5. The van der Waals surface area contributed by atoms with E-state index in [9.17, 15) is 4.79 Å². The summed E-state index contributed by atoms with van der Waals surface area (Å²) in [5.74, 6) is -0.236. The van der Waals surface area contributed by atoms with Crippen LogP contribution < -0.4 is 4.90 Å². The molecule has 80 valence electrons. The first-order valence-electron chi connectivity index (χ1n) is 4.90. The maximum absolute atomic E-state index is 11.8. The Balaban J connectivity index is 2.19. The highest BCUT2D eigenvalue weighted by Gasteiger charge is 2.31. The lowest BCUT2D eigenvalue weighted by molar-refractivity contribution is -0.121. The molecular formula is C11H12ClNO2. The Morgan fingerprint density at radius 2 is 2.07 bits per heavy atom. The van der Waals surface area contributed by atoms with Crippen molar-refractivity contribution >= 4 is 23.2 Å². The molecule has 1 aliphatic heterocycles. The number of anilines is 1. The second-order valence-corrected chi connectivity index (χ2v) is 4.07. The van der Waals surface area contributed by atoms with E-state index in [1.165, 1.54) is 0 Å². The van der Waals surface area contributed by atoms with Crippen LogP contribution in [-0.2, 0) is 4.79 Å². The van der Waals surface area contributed by atoms with Gasteiger partial charge in [0.2, 0.25) is 5.91 Å². The summed E-state index contributed by atoms with van der Waals surface area (Å²) in [4.78, 5) is 13.4. The van der Waals surface area contributed by atoms with Gasteiger partial charge < -0.3 is 10.0 Å². The zero-order valence-electron chi connectivity index (χ0n) is 8.19. The van der Waals surface area contributed by atoms with Crippen molar-refractivity contribution < 1.29 is 9.90 Å². The number of halogens is 1. The number of aliphatic hydroxyl groups is 1. The topological polar surface area (TPSA) is 40.5 Å². The van der Waals surface area contributed by atoms with Crippen LogP contribution in [0.4, 0.5) is 5.69 Å². The highest BCUT2D eigenvalue weighted by molar-refractivity contribution is 6.30. The van der Waals surface area contributed by atoms with Crippen molar-refractivity contribution in [1.82, 2.24) is 0 Å². The molecular weight excluding hydrogens is 214 g/mol. The Labute approximate surface area is 93.3 Å². The molecule has 0 radical (unpaired) electrons. The molecule has 2 rings (SSSR count). The van der Waals surface area contributed by atoms with Crippen molar-refractivity contribution in [3.05, 3.63) is 29.3 Å². The first-order chi connectivity index (χ1) is 7.22. The summed E-state index contributed by atoms with van der Waals surface area (Å²) in [7, 11) is 0. The standard InChI is InChI=1S/C11H12ClNO2/c12-9-1-3-10(4-2-9)13-6-5-8(7-14)11(13)15/h1-4,8,14H,5-7H2. The van der Waals surface area contributed by atoms with Gasteiger partial charge in [-0.3, -0.25) is 4.79 Å². The number of amides is 1. The van der Waals surface area contributed by atoms with E-state index in [-0.39, 0.29) is 18.4 Å². The number of nitrogens with zero attached hydrogens (tertiary/aromatic N) is 1. The molecule has 4 heteroatoms. The van der Waals surface area contributed by atoms with Gasteiger partial charge >= 0.3 is 0 Å². The Morgan fingerprint density at radius 3 is 2.60 bits per heavy atom. The van der Waals surface area contributed by atoms with Gasteiger partial charge in [-0.2, -0.15) is 0 Å². The maximum Gasteiger partial charge on any atom is 0.232 e. The summed E-state index contributed by atoms with van der Waals surface area (Å²) >= 11 is 5.77. The Morgan fingerprint density at radius 1 is 1.40 bits per heavy atom. The van der Waals surface area contributed by atoms with Crippen LogP contribution in [0.3, 0.4) is 0 Å². The van der Waals surface area contributed by atoms with E-state index in [0.717, 1.165) is 12.1 Å². The molecule has 1 aromatic carbocycles. The van der Waals surface area contributed by atoms with Gasteiger partial charge in [0.15, 0.2) is 0 Å². The molecule has 1 saturated heterocycles. The molecule has 1 N–H and O–H groups in total. The van der Waals surface area contributed by atoms with Crippen LogP contribution in [0.25, 0.3) is 0 Å². The van der Waals surface area contributed by atoms with Gasteiger partial charge in [-0.05, 0) is 30.7 Å². The fraction of sp³-hybridized carbons (Fsp3) is 0.364. The predicted molar refractivity (Wildman–Crippen MR) is 59.0 cm³/mol. The maximum atomic E-state index is 11.8. The van der Waals surface area contributed by atoms with Gasteiger partial charge in [-0.25, -0.2) is 0 Å². The molecule has 15 heavy (non-hydrogen) atoms. The zero-order chi connectivity index (χ0) is 10.8. The molecule has 3 nitrogen and oxygen atoms in total. The summed E-state index contributed by atoms with van der Waals surface area (Å²) in [5.41, 5.74) is 0.848. The number of aliphatic hydroxyl groups excluding tert-OH is 1. The third-order valence-electron chi connectivity index (χ3n) is 2.68. The Kier molecular flexibility index (Phi) is 2.93. The lowest BCUT2D eigenvalue weighted by atomic mass is 10.1. The number of rotatable bonds is 2. The molecule has 0 saturated carbocycles. The normalized spacial score (nSPS) is 21.1. The van der Waals surface area contributed by atoms with Gasteiger partial charge in [0, 0.05) is 17.3 Å². The lowest BCUT2D eigenvalue weighted by Gasteiger charge is -2.16. The van der Waals surface area contributed by atoms with Crippen LogP contribution in [0.5, 0.6) is 0 Å². The van der Waals surface area contributed by atoms with Crippen molar-refractivity contribution in [2.75, 3.05) is 18.1 Å². The molecule has 1 amide bonds. The first-order valence-corrected chi connectivity index (χ1v) is 5.28. The van der Waals surface area contributed by atoms with Crippen LogP contribution >= 0.6 is 11.6 Å². The van der Waals surface area contributed by atoms with Crippen LogP contribution in [0.2, 0.25) is 5.02 Å². The van der Waals surface area contributed by atoms with Crippen LogP contribution in [0.15, 0.2) is 24.3 Å². The van der Waals surface area contributed by atoms with Crippen molar-refractivity contribution in [3.63, 3.8) is 0 Å². The van der Waals surface area contributed by atoms with Gasteiger partial charge in [0.25, 0.3) is 0 Å². The second kappa shape index (κ2) is 4.21. The number of benzene rings is 1. The molecule has 0 aromatic heterocycles. The van der Waals surface area contributed by atoms with Crippen molar-refractivity contribution in [2.24, 2.45) is 5.92 Å². The molecule has 1 atom stereocenters. The van der Waals surface area contributed by atoms with E-state index in [1.807, 2.05) is 12.1 Å². The summed E-state index contributed by atoms with van der Waals surface area (Å²) in [6, 6.07) is 7.16. The summed E-state index contributed by atoms with van der Waals surface area (Å²) in [6.45, 7) is 0.606. The van der Waals surface area contributed by atoms with E-state index in [4.69, 9.17) is 16.7 Å². The van der Waals surface area contributed by atoms with Crippen LogP contribution in [-0.4, -0.2) is 24.2 Å². The number of carbonyl (C=O) groups is 1. The van der Waals surface area contributed by atoms with Crippen LogP contribution in [0.1, 0.15) is 6.42 Å². The van der Waals surface area contributed by atoms with E-state index < -0.39 is 0 Å². The average Bonchev–Trinajstić information content (AvgIpc) is 2.61. The van der Waals surface area contributed by atoms with E-state index in [0.29, 0.717) is 11.6 Å². The largest absolute Gasteiger partial charge is 0.396 e. The quantitative estimate of drug-likeness (QED) is 0.832. The van der Waals surface area contributed by atoms with E-state index >= 15 is 0 Å². The number of hydrogen-bond acceptors (Lipinski definition) is 2. The molecule has 1 unspecified atom stereocenters. The smallest absolute Gasteiger partial charge is 0.232 e. The van der Waals surface area contributed by atoms with Gasteiger partial charge in [-0.15, -0.1) is 0 Å².